The molecule has 1 aromatic carbocycles. The van der Waals surface area contributed by atoms with Crippen LogP contribution in [0.25, 0.3) is 0 Å². The molecule has 2 rings (SSSR count). The van der Waals surface area contributed by atoms with Crippen LogP contribution in [0.2, 0.25) is 0 Å². The SMILES string of the molecule is CC(C)c1ccc(C2(O)C=CCCC2)cc1. The summed E-state index contributed by atoms with van der Waals surface area (Å²) in [4.78, 5) is 0. The van der Waals surface area contributed by atoms with Gasteiger partial charge in [0, 0.05) is 0 Å². The molecule has 0 aliphatic heterocycles. The molecule has 1 aliphatic carbocycles. The molecule has 1 aliphatic rings. The second-order valence-corrected chi connectivity index (χ2v) is 5.00. The molecule has 0 radical (unpaired) electrons. The van der Waals surface area contributed by atoms with E-state index in [1.54, 1.807) is 0 Å². The molecule has 0 saturated heterocycles. The lowest BCUT2D eigenvalue weighted by atomic mass is 9.84. The van der Waals surface area contributed by atoms with E-state index < -0.39 is 5.60 Å². The van der Waals surface area contributed by atoms with Crippen LogP contribution in [-0.2, 0) is 5.60 Å². The van der Waals surface area contributed by atoms with Gasteiger partial charge in [-0.3, -0.25) is 0 Å². The summed E-state index contributed by atoms with van der Waals surface area (Å²) >= 11 is 0. The largest absolute Gasteiger partial charge is 0.381 e. The summed E-state index contributed by atoms with van der Waals surface area (Å²) in [5.41, 5.74) is 1.62. The van der Waals surface area contributed by atoms with Crippen molar-refractivity contribution in [3.05, 3.63) is 47.5 Å². The predicted molar refractivity (Wildman–Crippen MR) is 67.4 cm³/mol. The molecule has 0 bridgehead atoms. The van der Waals surface area contributed by atoms with E-state index in [2.05, 4.69) is 44.2 Å². The predicted octanol–water partition coefficient (Wildman–Crippen LogP) is 3.74. The molecule has 16 heavy (non-hydrogen) atoms. The number of allylic oxidation sites excluding steroid dienone is 1. The lowest BCUT2D eigenvalue weighted by Gasteiger charge is -2.28. The van der Waals surface area contributed by atoms with Crippen molar-refractivity contribution in [3.8, 4) is 0 Å². The highest BCUT2D eigenvalue weighted by Crippen LogP contribution is 2.32. The van der Waals surface area contributed by atoms with Gasteiger partial charge in [0.05, 0.1) is 0 Å². The second kappa shape index (κ2) is 4.42. The Morgan fingerprint density at radius 3 is 2.38 bits per heavy atom. The van der Waals surface area contributed by atoms with Crippen molar-refractivity contribution in [2.24, 2.45) is 0 Å². The first-order chi connectivity index (χ1) is 7.62. The zero-order valence-electron chi connectivity index (χ0n) is 10.1. The van der Waals surface area contributed by atoms with Gasteiger partial charge in [-0.15, -0.1) is 0 Å². The van der Waals surface area contributed by atoms with Crippen LogP contribution in [-0.4, -0.2) is 5.11 Å². The average molecular weight is 216 g/mol. The molecular weight excluding hydrogens is 196 g/mol. The maximum Gasteiger partial charge on any atom is 0.108 e. The first kappa shape index (κ1) is 11.4. The zero-order chi connectivity index (χ0) is 11.6. The van der Waals surface area contributed by atoms with E-state index in [9.17, 15) is 5.11 Å². The van der Waals surface area contributed by atoms with Gasteiger partial charge in [0.25, 0.3) is 0 Å². The van der Waals surface area contributed by atoms with Crippen LogP contribution in [0.5, 0.6) is 0 Å². The molecule has 0 saturated carbocycles. The van der Waals surface area contributed by atoms with Crippen LogP contribution in [0, 0.1) is 0 Å². The quantitative estimate of drug-likeness (QED) is 0.747. The Bertz CT molecular complexity index is 375. The fraction of sp³-hybridized carbons (Fsp3) is 0.467. The van der Waals surface area contributed by atoms with Crippen LogP contribution in [0.15, 0.2) is 36.4 Å². The highest BCUT2D eigenvalue weighted by atomic mass is 16.3. The maximum atomic E-state index is 10.5. The summed E-state index contributed by atoms with van der Waals surface area (Å²) in [6, 6.07) is 8.37. The number of rotatable bonds is 2. The van der Waals surface area contributed by atoms with Crippen molar-refractivity contribution >= 4 is 0 Å². The standard InChI is InChI=1S/C15H20O/c1-12(2)13-6-8-14(9-7-13)15(16)10-4-3-5-11-15/h4,6-10,12,16H,3,5,11H2,1-2H3. The summed E-state index contributed by atoms with van der Waals surface area (Å²) < 4.78 is 0. The van der Waals surface area contributed by atoms with E-state index in [1.165, 1.54) is 5.56 Å². The minimum absolute atomic E-state index is 0.547. The van der Waals surface area contributed by atoms with Crippen molar-refractivity contribution in [3.63, 3.8) is 0 Å². The van der Waals surface area contributed by atoms with Gasteiger partial charge in [-0.25, -0.2) is 0 Å². The Balaban J connectivity index is 2.27. The van der Waals surface area contributed by atoms with Gasteiger partial charge in [-0.2, -0.15) is 0 Å². The molecule has 1 atom stereocenters. The fourth-order valence-corrected chi connectivity index (χ4v) is 2.25. The van der Waals surface area contributed by atoms with E-state index in [0.717, 1.165) is 24.8 Å². The van der Waals surface area contributed by atoms with Crippen LogP contribution < -0.4 is 0 Å². The molecular formula is C15H20O. The molecule has 0 fully saturated rings. The third-order valence-corrected chi connectivity index (χ3v) is 3.40. The van der Waals surface area contributed by atoms with Gasteiger partial charge in [0.1, 0.15) is 5.60 Å². The number of hydrogen-bond acceptors (Lipinski definition) is 1. The molecule has 0 aromatic heterocycles. The molecule has 0 amide bonds. The van der Waals surface area contributed by atoms with E-state index >= 15 is 0 Å². The number of hydrogen-bond donors (Lipinski definition) is 1. The minimum Gasteiger partial charge on any atom is -0.381 e. The maximum absolute atomic E-state index is 10.5. The summed E-state index contributed by atoms with van der Waals surface area (Å²) in [7, 11) is 0. The normalized spacial score (nSPS) is 25.0. The van der Waals surface area contributed by atoms with Crippen molar-refractivity contribution in [1.82, 2.24) is 0 Å². The molecule has 1 unspecified atom stereocenters. The monoisotopic (exact) mass is 216 g/mol. The Hall–Kier alpha value is -1.08. The summed E-state index contributed by atoms with van der Waals surface area (Å²) in [6.07, 6.45) is 7.02. The molecule has 86 valence electrons. The van der Waals surface area contributed by atoms with Gasteiger partial charge < -0.3 is 5.11 Å². The molecule has 1 nitrogen and oxygen atoms in total. The van der Waals surface area contributed by atoms with Crippen LogP contribution in [0.1, 0.15) is 50.2 Å². The van der Waals surface area contributed by atoms with Crippen molar-refractivity contribution < 1.29 is 5.11 Å². The molecule has 0 heterocycles. The Morgan fingerprint density at radius 1 is 1.19 bits per heavy atom. The first-order valence-electron chi connectivity index (χ1n) is 6.12. The van der Waals surface area contributed by atoms with Gasteiger partial charge in [0.2, 0.25) is 0 Å². The van der Waals surface area contributed by atoms with E-state index in [0.29, 0.717) is 5.92 Å². The first-order valence-corrected chi connectivity index (χ1v) is 6.12. The smallest absolute Gasteiger partial charge is 0.108 e. The zero-order valence-corrected chi connectivity index (χ0v) is 10.1. The Labute approximate surface area is 97.8 Å². The average Bonchev–Trinajstić information content (AvgIpc) is 2.30. The topological polar surface area (TPSA) is 20.2 Å². The van der Waals surface area contributed by atoms with Gasteiger partial charge in [-0.05, 0) is 36.3 Å². The summed E-state index contributed by atoms with van der Waals surface area (Å²) in [5, 5.41) is 10.5. The van der Waals surface area contributed by atoms with Crippen LogP contribution in [0.3, 0.4) is 0 Å². The third-order valence-electron chi connectivity index (χ3n) is 3.40. The highest BCUT2D eigenvalue weighted by molar-refractivity contribution is 5.32. The third kappa shape index (κ3) is 2.19. The lowest BCUT2D eigenvalue weighted by molar-refractivity contribution is 0.0726. The van der Waals surface area contributed by atoms with Crippen molar-refractivity contribution in [2.45, 2.75) is 44.6 Å². The van der Waals surface area contributed by atoms with Gasteiger partial charge in [0.15, 0.2) is 0 Å². The Morgan fingerprint density at radius 2 is 1.88 bits per heavy atom. The van der Waals surface area contributed by atoms with Gasteiger partial charge >= 0.3 is 0 Å². The summed E-state index contributed by atoms with van der Waals surface area (Å²) in [6.45, 7) is 4.37. The van der Waals surface area contributed by atoms with Crippen LogP contribution in [0.4, 0.5) is 0 Å². The lowest BCUT2D eigenvalue weighted by Crippen LogP contribution is -2.24. The Kier molecular flexibility index (Phi) is 3.15. The minimum atomic E-state index is -0.728. The highest BCUT2D eigenvalue weighted by Gasteiger charge is 2.27. The van der Waals surface area contributed by atoms with Gasteiger partial charge in [-0.1, -0.05) is 50.3 Å². The fourth-order valence-electron chi connectivity index (χ4n) is 2.25. The molecule has 0 spiro atoms. The van der Waals surface area contributed by atoms with Crippen molar-refractivity contribution in [1.29, 1.82) is 0 Å². The van der Waals surface area contributed by atoms with Crippen LogP contribution >= 0.6 is 0 Å². The second-order valence-electron chi connectivity index (χ2n) is 5.00. The van der Waals surface area contributed by atoms with Crippen molar-refractivity contribution in [2.75, 3.05) is 0 Å². The van der Waals surface area contributed by atoms with E-state index in [-0.39, 0.29) is 0 Å². The summed E-state index contributed by atoms with van der Waals surface area (Å²) in [5.74, 6) is 0.547. The molecule has 1 N–H and O–H groups in total. The molecule has 1 heteroatoms. The number of aliphatic hydroxyl groups is 1. The number of benzene rings is 1. The molecule has 1 aromatic rings. The van der Waals surface area contributed by atoms with E-state index in [1.807, 2.05) is 6.08 Å². The van der Waals surface area contributed by atoms with E-state index in [4.69, 9.17) is 0 Å².